The number of aryl methyl sites for hydroxylation is 1. The number of primary amides is 1. The van der Waals surface area contributed by atoms with E-state index in [0.717, 1.165) is 22.5 Å². The van der Waals surface area contributed by atoms with Crippen LogP contribution in [-0.4, -0.2) is 45.9 Å². The number of amides is 2. The Labute approximate surface area is 175 Å². The van der Waals surface area contributed by atoms with Crippen LogP contribution in [0.25, 0.3) is 0 Å². The van der Waals surface area contributed by atoms with Crippen molar-refractivity contribution >= 4 is 33.7 Å². The number of carbonyl (C=O) groups excluding carboxylic acids is 2. The average Bonchev–Trinajstić information content (AvgIpc) is 2.70. The fourth-order valence-electron chi connectivity index (χ4n) is 2.45. The number of nitrogens with two attached hydrogens (primary N) is 1. The fourth-order valence-corrected chi connectivity index (χ4v) is 3.30. The Morgan fingerprint density at radius 2 is 1.77 bits per heavy atom. The molecule has 0 fully saturated rings. The summed E-state index contributed by atoms with van der Waals surface area (Å²) in [5.41, 5.74) is 9.45. The lowest BCUT2D eigenvalue weighted by atomic mass is 10.1. The van der Waals surface area contributed by atoms with Crippen molar-refractivity contribution in [1.82, 2.24) is 5.43 Å². The lowest BCUT2D eigenvalue weighted by Crippen LogP contribution is -2.39. The topological polar surface area (TPSA) is 131 Å². The number of nitrogens with one attached hydrogen (secondary N) is 1. The molecule has 0 saturated carbocycles. The zero-order valence-corrected chi connectivity index (χ0v) is 17.6. The SMILES string of the molecule is CCc1ccc(N(CC(=O)N/N=C\c2ccc(OCC(N)=O)cc2)S(C)(=O)=O)cc1. The van der Waals surface area contributed by atoms with E-state index in [4.69, 9.17) is 10.5 Å². The molecule has 0 aliphatic heterocycles. The van der Waals surface area contributed by atoms with Gasteiger partial charge in [-0.3, -0.25) is 13.9 Å². The first-order valence-corrected chi connectivity index (χ1v) is 10.9. The smallest absolute Gasteiger partial charge is 0.260 e. The molecular formula is C20H24N4O5S. The lowest BCUT2D eigenvalue weighted by Gasteiger charge is -2.21. The minimum absolute atomic E-state index is 0.221. The van der Waals surface area contributed by atoms with Crippen LogP contribution in [0, 0.1) is 0 Å². The van der Waals surface area contributed by atoms with E-state index in [1.165, 1.54) is 6.21 Å². The van der Waals surface area contributed by atoms with Crippen molar-refractivity contribution in [2.75, 3.05) is 23.7 Å². The minimum atomic E-state index is -3.65. The summed E-state index contributed by atoms with van der Waals surface area (Å²) in [7, 11) is -3.65. The Bertz CT molecular complexity index is 1000. The van der Waals surface area contributed by atoms with Gasteiger partial charge in [0.1, 0.15) is 12.3 Å². The van der Waals surface area contributed by atoms with Gasteiger partial charge < -0.3 is 10.5 Å². The molecule has 3 N–H and O–H groups in total. The first kappa shape index (κ1) is 22.9. The Hall–Kier alpha value is -3.40. The summed E-state index contributed by atoms with van der Waals surface area (Å²) in [5.74, 6) is -0.696. The summed E-state index contributed by atoms with van der Waals surface area (Å²) in [6.45, 7) is 1.37. The second kappa shape index (κ2) is 10.4. The van der Waals surface area contributed by atoms with Crippen molar-refractivity contribution in [3.8, 4) is 5.75 Å². The zero-order valence-electron chi connectivity index (χ0n) is 16.7. The molecule has 2 aromatic carbocycles. The largest absolute Gasteiger partial charge is 0.484 e. The van der Waals surface area contributed by atoms with Gasteiger partial charge in [0.15, 0.2) is 6.61 Å². The van der Waals surface area contributed by atoms with Crippen LogP contribution >= 0.6 is 0 Å². The molecule has 10 heteroatoms. The van der Waals surface area contributed by atoms with Crippen molar-refractivity contribution in [3.63, 3.8) is 0 Å². The van der Waals surface area contributed by atoms with E-state index in [9.17, 15) is 18.0 Å². The van der Waals surface area contributed by atoms with Crippen molar-refractivity contribution in [3.05, 3.63) is 59.7 Å². The number of hydrazone groups is 1. The van der Waals surface area contributed by atoms with Gasteiger partial charge in [-0.05, 0) is 53.9 Å². The summed E-state index contributed by atoms with van der Waals surface area (Å²) < 4.78 is 30.4. The van der Waals surface area contributed by atoms with Gasteiger partial charge in [0.2, 0.25) is 10.0 Å². The van der Waals surface area contributed by atoms with E-state index in [1.807, 2.05) is 19.1 Å². The highest BCUT2D eigenvalue weighted by Gasteiger charge is 2.20. The van der Waals surface area contributed by atoms with Crippen LogP contribution in [0.1, 0.15) is 18.1 Å². The first-order chi connectivity index (χ1) is 14.2. The Balaban J connectivity index is 1.97. The highest BCUT2D eigenvalue weighted by Crippen LogP contribution is 2.18. The van der Waals surface area contributed by atoms with Crippen LogP contribution < -0.4 is 20.2 Å². The highest BCUT2D eigenvalue weighted by molar-refractivity contribution is 7.92. The van der Waals surface area contributed by atoms with Crippen molar-refractivity contribution in [2.45, 2.75) is 13.3 Å². The quantitative estimate of drug-likeness (QED) is 0.428. The summed E-state index contributed by atoms with van der Waals surface area (Å²) in [6, 6.07) is 13.6. The second-order valence-corrected chi connectivity index (χ2v) is 8.31. The molecule has 0 radical (unpaired) electrons. The highest BCUT2D eigenvalue weighted by atomic mass is 32.2. The van der Waals surface area contributed by atoms with Gasteiger partial charge in [0.05, 0.1) is 18.2 Å². The predicted molar refractivity (Wildman–Crippen MR) is 115 cm³/mol. The molecule has 0 unspecified atom stereocenters. The Morgan fingerprint density at radius 1 is 1.13 bits per heavy atom. The average molecular weight is 433 g/mol. The van der Waals surface area contributed by atoms with Gasteiger partial charge >= 0.3 is 0 Å². The fraction of sp³-hybridized carbons (Fsp3) is 0.250. The summed E-state index contributed by atoms with van der Waals surface area (Å²) in [6.07, 6.45) is 3.27. The third kappa shape index (κ3) is 7.21. The monoisotopic (exact) mass is 432 g/mol. The standard InChI is InChI=1S/C20H24N4O5S/c1-3-15-4-8-17(9-5-15)24(30(2,27)28)13-20(26)23-22-12-16-6-10-18(11-7-16)29-14-19(21)25/h4-12H,3,13-14H2,1-2H3,(H2,21,25)(H,23,26)/b22-12-. The molecule has 9 nitrogen and oxygen atoms in total. The molecular weight excluding hydrogens is 408 g/mol. The molecule has 2 rings (SSSR count). The molecule has 2 amide bonds. The van der Waals surface area contributed by atoms with Gasteiger partial charge in [-0.2, -0.15) is 5.10 Å². The van der Waals surface area contributed by atoms with Gasteiger partial charge in [-0.1, -0.05) is 19.1 Å². The van der Waals surface area contributed by atoms with Crippen LogP contribution in [0.2, 0.25) is 0 Å². The third-order valence-electron chi connectivity index (χ3n) is 3.98. The third-order valence-corrected chi connectivity index (χ3v) is 5.12. The maximum atomic E-state index is 12.2. The molecule has 30 heavy (non-hydrogen) atoms. The van der Waals surface area contributed by atoms with Crippen molar-refractivity contribution < 1.29 is 22.7 Å². The molecule has 0 bridgehead atoms. The summed E-state index contributed by atoms with van der Waals surface area (Å²) in [5, 5.41) is 3.84. The van der Waals surface area contributed by atoms with E-state index in [2.05, 4.69) is 10.5 Å². The van der Waals surface area contributed by atoms with E-state index >= 15 is 0 Å². The van der Waals surface area contributed by atoms with Crippen LogP contribution in [0.5, 0.6) is 5.75 Å². The van der Waals surface area contributed by atoms with Crippen LogP contribution in [-0.2, 0) is 26.0 Å². The van der Waals surface area contributed by atoms with Gasteiger partial charge in [0, 0.05) is 0 Å². The maximum absolute atomic E-state index is 12.2. The molecule has 0 spiro atoms. The van der Waals surface area contributed by atoms with E-state index in [1.54, 1.807) is 36.4 Å². The van der Waals surface area contributed by atoms with E-state index < -0.39 is 28.4 Å². The molecule has 0 saturated heterocycles. The normalized spacial score (nSPS) is 11.3. The van der Waals surface area contributed by atoms with Crippen LogP contribution in [0.15, 0.2) is 53.6 Å². The second-order valence-electron chi connectivity index (χ2n) is 6.41. The molecule has 160 valence electrons. The van der Waals surface area contributed by atoms with Gasteiger partial charge in [0.25, 0.3) is 11.8 Å². The summed E-state index contributed by atoms with van der Waals surface area (Å²) in [4.78, 5) is 22.9. The lowest BCUT2D eigenvalue weighted by molar-refractivity contribution is -0.120. The van der Waals surface area contributed by atoms with Crippen molar-refractivity contribution in [2.24, 2.45) is 10.8 Å². The minimum Gasteiger partial charge on any atom is -0.484 e. The van der Waals surface area contributed by atoms with Crippen molar-refractivity contribution in [1.29, 1.82) is 0 Å². The number of ether oxygens (including phenoxy) is 1. The first-order valence-electron chi connectivity index (χ1n) is 9.08. The molecule has 0 atom stereocenters. The van der Waals surface area contributed by atoms with Gasteiger partial charge in [-0.15, -0.1) is 0 Å². The number of carbonyl (C=O) groups is 2. The van der Waals surface area contributed by atoms with E-state index in [-0.39, 0.29) is 6.61 Å². The Kier molecular flexibility index (Phi) is 7.93. The van der Waals surface area contributed by atoms with Gasteiger partial charge in [-0.25, -0.2) is 13.8 Å². The molecule has 0 aromatic heterocycles. The van der Waals surface area contributed by atoms with Crippen LogP contribution in [0.3, 0.4) is 0 Å². The number of nitrogens with zero attached hydrogens (tertiary/aromatic N) is 2. The zero-order chi connectivity index (χ0) is 22.1. The summed E-state index contributed by atoms with van der Waals surface area (Å²) >= 11 is 0. The molecule has 0 heterocycles. The van der Waals surface area contributed by atoms with E-state index in [0.29, 0.717) is 17.0 Å². The number of hydrogen-bond acceptors (Lipinski definition) is 6. The molecule has 0 aliphatic rings. The predicted octanol–water partition coefficient (Wildman–Crippen LogP) is 1.03. The number of hydrogen-bond donors (Lipinski definition) is 2. The number of rotatable bonds is 10. The van der Waals surface area contributed by atoms with Crippen LogP contribution in [0.4, 0.5) is 5.69 Å². The maximum Gasteiger partial charge on any atom is 0.260 e. The number of sulfonamides is 1. The molecule has 0 aliphatic carbocycles. The number of anilines is 1. The molecule has 2 aromatic rings. The number of benzene rings is 2. The Morgan fingerprint density at radius 3 is 2.30 bits per heavy atom.